The highest BCUT2D eigenvalue weighted by Crippen LogP contribution is 2.29. The largest absolute Gasteiger partial charge is 0.386 e. The Morgan fingerprint density at radius 2 is 2.33 bits per heavy atom. The van der Waals surface area contributed by atoms with E-state index in [0.717, 1.165) is 10.9 Å². The van der Waals surface area contributed by atoms with Gasteiger partial charge in [-0.1, -0.05) is 11.6 Å². The molecule has 0 atom stereocenters. The molecule has 1 aromatic carbocycles. The van der Waals surface area contributed by atoms with Gasteiger partial charge in [0.05, 0.1) is 28.3 Å². The van der Waals surface area contributed by atoms with Gasteiger partial charge >= 0.3 is 0 Å². The molecule has 0 aliphatic rings. The summed E-state index contributed by atoms with van der Waals surface area (Å²) in [6, 6.07) is 3.52. The number of H-pyrrole nitrogens is 1. The van der Waals surface area contributed by atoms with Crippen LogP contribution < -0.4 is 5.73 Å². The van der Waals surface area contributed by atoms with Crippen LogP contribution in [0.3, 0.4) is 0 Å². The average molecular weight is 243 g/mol. The minimum absolute atomic E-state index is 0.193. The van der Waals surface area contributed by atoms with Crippen molar-refractivity contribution >= 4 is 45.6 Å². The van der Waals surface area contributed by atoms with E-state index in [1.54, 1.807) is 18.3 Å². The molecule has 0 spiro atoms. The van der Waals surface area contributed by atoms with Crippen LogP contribution in [0.4, 0.5) is 5.69 Å². The number of fused-ring (bicyclic) bond motifs is 1. The second-order valence-electron chi connectivity index (χ2n) is 2.96. The molecule has 1 aromatic heterocycles. The first-order chi connectivity index (χ1) is 7.22. The number of nitrogens with zero attached hydrogens (tertiary/aromatic N) is 2. The monoisotopic (exact) mass is 242 g/mol. The predicted molar refractivity (Wildman–Crippen MR) is 63.1 cm³/mol. The van der Waals surface area contributed by atoms with Crippen molar-refractivity contribution in [1.29, 1.82) is 0 Å². The van der Waals surface area contributed by atoms with Crippen LogP contribution in [0.15, 0.2) is 23.3 Å². The van der Waals surface area contributed by atoms with Gasteiger partial charge < -0.3 is 5.73 Å². The molecule has 0 aliphatic heterocycles. The van der Waals surface area contributed by atoms with E-state index in [9.17, 15) is 0 Å². The Kier molecular flexibility index (Phi) is 2.79. The van der Waals surface area contributed by atoms with Gasteiger partial charge in [-0.15, -0.1) is 11.6 Å². The van der Waals surface area contributed by atoms with Gasteiger partial charge in [-0.05, 0) is 12.1 Å². The molecule has 4 nitrogen and oxygen atoms in total. The van der Waals surface area contributed by atoms with Gasteiger partial charge in [0.2, 0.25) is 0 Å². The molecule has 0 radical (unpaired) electrons. The second-order valence-corrected chi connectivity index (χ2v) is 3.64. The van der Waals surface area contributed by atoms with Crippen LogP contribution in [0.2, 0.25) is 5.02 Å². The SMILES string of the molecule is NC(CCl)=Nc1ccc(Cl)c2cn[nH]c12. The first-order valence-corrected chi connectivity index (χ1v) is 5.14. The highest BCUT2D eigenvalue weighted by molar-refractivity contribution is 6.35. The van der Waals surface area contributed by atoms with Crippen molar-refractivity contribution in [2.75, 3.05) is 5.88 Å². The fourth-order valence-electron chi connectivity index (χ4n) is 1.27. The lowest BCUT2D eigenvalue weighted by molar-refractivity contribution is 1.12. The molecule has 78 valence electrons. The number of hydrogen-bond donors (Lipinski definition) is 2. The molecule has 0 bridgehead atoms. The summed E-state index contributed by atoms with van der Waals surface area (Å²) in [5, 5.41) is 8.17. The quantitative estimate of drug-likeness (QED) is 0.483. The van der Waals surface area contributed by atoms with Crippen LogP contribution in [0.25, 0.3) is 10.9 Å². The van der Waals surface area contributed by atoms with Crippen LogP contribution in [0.1, 0.15) is 0 Å². The number of nitrogens with one attached hydrogen (secondary N) is 1. The molecule has 0 aliphatic carbocycles. The van der Waals surface area contributed by atoms with E-state index in [4.69, 9.17) is 28.9 Å². The Morgan fingerprint density at radius 3 is 3.07 bits per heavy atom. The van der Waals surface area contributed by atoms with E-state index in [0.29, 0.717) is 16.5 Å². The molecule has 6 heteroatoms. The minimum Gasteiger partial charge on any atom is -0.386 e. The zero-order valence-electron chi connectivity index (χ0n) is 7.67. The van der Waals surface area contributed by atoms with E-state index in [1.165, 1.54) is 0 Å². The van der Waals surface area contributed by atoms with E-state index < -0.39 is 0 Å². The maximum atomic E-state index is 5.98. The molecule has 2 rings (SSSR count). The van der Waals surface area contributed by atoms with E-state index in [2.05, 4.69) is 15.2 Å². The van der Waals surface area contributed by atoms with Crippen molar-refractivity contribution < 1.29 is 0 Å². The van der Waals surface area contributed by atoms with Gasteiger partial charge in [0.15, 0.2) is 0 Å². The number of halogens is 2. The Bertz CT molecular complexity index is 518. The first-order valence-electron chi connectivity index (χ1n) is 4.23. The van der Waals surface area contributed by atoms with E-state index in [-0.39, 0.29) is 5.88 Å². The lowest BCUT2D eigenvalue weighted by Crippen LogP contribution is -2.12. The molecule has 2 aromatic rings. The molecule has 1 heterocycles. The fourth-order valence-corrected chi connectivity index (χ4v) is 1.53. The Labute approximate surface area is 96.1 Å². The normalized spacial score (nSPS) is 12.3. The zero-order chi connectivity index (χ0) is 10.8. The number of amidine groups is 1. The minimum atomic E-state index is 0.193. The molecule has 3 N–H and O–H groups in total. The number of nitrogens with two attached hydrogens (primary N) is 1. The fraction of sp³-hybridized carbons (Fsp3) is 0.111. The molecule has 0 saturated carbocycles. The lowest BCUT2D eigenvalue weighted by atomic mass is 10.2. The summed E-state index contributed by atoms with van der Waals surface area (Å²) < 4.78 is 0. The number of aromatic amines is 1. The van der Waals surface area contributed by atoms with Crippen molar-refractivity contribution in [3.8, 4) is 0 Å². The van der Waals surface area contributed by atoms with Crippen LogP contribution in [-0.2, 0) is 0 Å². The Balaban J connectivity index is 2.62. The molecule has 0 fully saturated rings. The second kappa shape index (κ2) is 4.08. The van der Waals surface area contributed by atoms with Gasteiger partial charge in [-0.2, -0.15) is 5.10 Å². The molecular weight excluding hydrogens is 235 g/mol. The van der Waals surface area contributed by atoms with Gasteiger partial charge in [0, 0.05) is 5.39 Å². The van der Waals surface area contributed by atoms with E-state index in [1.807, 2.05) is 0 Å². The summed E-state index contributed by atoms with van der Waals surface area (Å²) in [5.74, 6) is 0.549. The maximum absolute atomic E-state index is 5.98. The number of aromatic nitrogens is 2. The van der Waals surface area contributed by atoms with Gasteiger partial charge in [0.25, 0.3) is 0 Å². The number of rotatable bonds is 2. The molecule has 0 saturated heterocycles. The third-order valence-electron chi connectivity index (χ3n) is 1.94. The van der Waals surface area contributed by atoms with Gasteiger partial charge in [0.1, 0.15) is 5.84 Å². The number of hydrogen-bond acceptors (Lipinski definition) is 2. The van der Waals surface area contributed by atoms with Crippen LogP contribution in [-0.4, -0.2) is 21.9 Å². The third-order valence-corrected chi connectivity index (χ3v) is 2.54. The molecule has 0 unspecified atom stereocenters. The topological polar surface area (TPSA) is 67.1 Å². The van der Waals surface area contributed by atoms with Crippen molar-refractivity contribution in [2.45, 2.75) is 0 Å². The van der Waals surface area contributed by atoms with Crippen molar-refractivity contribution in [1.82, 2.24) is 10.2 Å². The van der Waals surface area contributed by atoms with Crippen LogP contribution in [0.5, 0.6) is 0 Å². The van der Waals surface area contributed by atoms with Crippen molar-refractivity contribution in [3.05, 3.63) is 23.4 Å². The van der Waals surface area contributed by atoms with Gasteiger partial charge in [-0.25, -0.2) is 4.99 Å². The molecule has 15 heavy (non-hydrogen) atoms. The van der Waals surface area contributed by atoms with Gasteiger partial charge in [-0.3, -0.25) is 5.10 Å². The predicted octanol–water partition coefficient (Wildman–Crippen LogP) is 2.44. The maximum Gasteiger partial charge on any atom is 0.115 e. The van der Waals surface area contributed by atoms with E-state index >= 15 is 0 Å². The Morgan fingerprint density at radius 1 is 1.53 bits per heavy atom. The summed E-state index contributed by atoms with van der Waals surface area (Å²) in [4.78, 5) is 4.15. The van der Waals surface area contributed by atoms with Crippen molar-refractivity contribution in [3.63, 3.8) is 0 Å². The first kappa shape index (κ1) is 10.3. The summed E-state index contributed by atoms with van der Waals surface area (Å²) in [6.45, 7) is 0. The summed E-state index contributed by atoms with van der Waals surface area (Å²) in [6.07, 6.45) is 1.65. The highest BCUT2D eigenvalue weighted by Gasteiger charge is 2.05. The number of alkyl halides is 1. The number of benzene rings is 1. The third kappa shape index (κ3) is 1.91. The summed E-state index contributed by atoms with van der Waals surface area (Å²) >= 11 is 11.5. The van der Waals surface area contributed by atoms with Crippen LogP contribution in [0, 0.1) is 0 Å². The lowest BCUT2D eigenvalue weighted by Gasteiger charge is -1.99. The number of aliphatic imine (C=N–C) groups is 1. The Hall–Kier alpha value is -1.26. The average Bonchev–Trinajstić information content (AvgIpc) is 2.71. The van der Waals surface area contributed by atoms with Crippen molar-refractivity contribution in [2.24, 2.45) is 10.7 Å². The standard InChI is InChI=1S/C9H8Cl2N4/c10-3-8(12)14-7-2-1-6(11)5-4-13-15-9(5)7/h1-2,4H,3H2,(H2,12,14)(H,13,15). The van der Waals surface area contributed by atoms with Crippen LogP contribution >= 0.6 is 23.2 Å². The molecule has 0 amide bonds. The summed E-state index contributed by atoms with van der Waals surface area (Å²) in [7, 11) is 0. The zero-order valence-corrected chi connectivity index (χ0v) is 9.18. The molecular formula is C9H8Cl2N4. The highest BCUT2D eigenvalue weighted by atomic mass is 35.5. The summed E-state index contributed by atoms with van der Waals surface area (Å²) in [5.41, 5.74) is 7.00. The smallest absolute Gasteiger partial charge is 0.115 e.